The number of benzene rings is 1. The van der Waals surface area contributed by atoms with Crippen molar-refractivity contribution in [3.05, 3.63) is 42.1 Å². The summed E-state index contributed by atoms with van der Waals surface area (Å²) in [6.45, 7) is 1.24. The molecule has 4 rings (SSSR count). The fraction of sp³-hybridized carbons (Fsp3) is 0.444. The second-order valence-corrected chi connectivity index (χ2v) is 6.65. The van der Waals surface area contributed by atoms with Crippen LogP contribution in [0, 0.1) is 5.41 Å². The van der Waals surface area contributed by atoms with E-state index in [2.05, 4.69) is 11.1 Å². The molecule has 0 bridgehead atoms. The number of rotatable bonds is 3. The monoisotopic (exact) mass is 296 g/mol. The summed E-state index contributed by atoms with van der Waals surface area (Å²) in [6.07, 6.45) is 2.92. The van der Waals surface area contributed by atoms with Crippen LogP contribution in [-0.2, 0) is 11.2 Å². The number of hydrogen-bond acceptors (Lipinski definition) is 3. The maximum Gasteiger partial charge on any atom is 0.223 e. The molecule has 2 heterocycles. The largest absolute Gasteiger partial charge is 0.391 e. The zero-order valence-electron chi connectivity index (χ0n) is 12.5. The van der Waals surface area contributed by atoms with Gasteiger partial charge in [0, 0.05) is 36.0 Å². The molecule has 2 aliphatic rings. The Hall–Kier alpha value is -1.94. The van der Waals surface area contributed by atoms with Crippen molar-refractivity contribution in [3.63, 3.8) is 0 Å². The van der Waals surface area contributed by atoms with Crippen LogP contribution < -0.4 is 0 Å². The fourth-order valence-electron chi connectivity index (χ4n) is 3.43. The molecule has 4 nitrogen and oxygen atoms in total. The van der Waals surface area contributed by atoms with Gasteiger partial charge in [0.2, 0.25) is 5.91 Å². The van der Waals surface area contributed by atoms with Gasteiger partial charge in [0.05, 0.1) is 11.6 Å². The quantitative estimate of drug-likeness (QED) is 0.944. The smallest absolute Gasteiger partial charge is 0.223 e. The minimum absolute atomic E-state index is 0.0386. The molecule has 1 unspecified atom stereocenters. The average Bonchev–Trinajstić information content (AvgIpc) is 3.24. The third-order valence-electron chi connectivity index (χ3n) is 5.10. The Balaban J connectivity index is 1.40. The molecule has 1 aromatic heterocycles. The van der Waals surface area contributed by atoms with Crippen molar-refractivity contribution in [1.82, 2.24) is 9.88 Å². The number of pyridine rings is 1. The molecular formula is C18H20N2O2. The predicted molar refractivity (Wildman–Crippen MR) is 84.3 cm³/mol. The third-order valence-corrected chi connectivity index (χ3v) is 5.10. The van der Waals surface area contributed by atoms with E-state index in [0.717, 1.165) is 36.0 Å². The van der Waals surface area contributed by atoms with Crippen molar-refractivity contribution in [2.24, 2.45) is 5.41 Å². The second kappa shape index (κ2) is 5.06. The van der Waals surface area contributed by atoms with Crippen molar-refractivity contribution < 1.29 is 9.90 Å². The lowest BCUT2D eigenvalue weighted by Gasteiger charge is -2.15. The molecule has 4 heteroatoms. The number of β-amino-alcohol motifs (C(OH)–C–C–N with tert-alkyl or cyclic N) is 1. The number of likely N-dealkylation sites (tertiary alicyclic amines) is 1. The lowest BCUT2D eigenvalue weighted by molar-refractivity contribution is -0.130. The molecule has 1 aliphatic carbocycles. The van der Waals surface area contributed by atoms with Crippen LogP contribution in [0.1, 0.15) is 25.0 Å². The highest BCUT2D eigenvalue weighted by Crippen LogP contribution is 2.52. The molecule has 1 spiro atoms. The van der Waals surface area contributed by atoms with Crippen molar-refractivity contribution in [1.29, 1.82) is 0 Å². The first kappa shape index (κ1) is 13.7. The summed E-state index contributed by atoms with van der Waals surface area (Å²) in [4.78, 5) is 18.8. The van der Waals surface area contributed by atoms with Crippen LogP contribution in [0.25, 0.3) is 10.9 Å². The highest BCUT2D eigenvalue weighted by Gasteiger charge is 2.55. The normalized spacial score (nSPS) is 22.4. The molecule has 22 heavy (non-hydrogen) atoms. The van der Waals surface area contributed by atoms with E-state index in [1.807, 2.05) is 35.2 Å². The van der Waals surface area contributed by atoms with E-state index >= 15 is 0 Å². The van der Waals surface area contributed by atoms with Gasteiger partial charge in [-0.25, -0.2) is 0 Å². The Kier molecular flexibility index (Phi) is 3.15. The first-order valence-corrected chi connectivity index (χ1v) is 7.97. The summed E-state index contributed by atoms with van der Waals surface area (Å²) in [5.41, 5.74) is 1.96. The number of aliphatic hydroxyl groups excluding tert-OH is 1. The molecule has 114 valence electrons. The molecule has 1 N–H and O–H groups in total. The van der Waals surface area contributed by atoms with E-state index in [0.29, 0.717) is 19.4 Å². The Morgan fingerprint density at radius 2 is 2.09 bits per heavy atom. The minimum Gasteiger partial charge on any atom is -0.391 e. The summed E-state index contributed by atoms with van der Waals surface area (Å²) >= 11 is 0. The van der Waals surface area contributed by atoms with Crippen LogP contribution in [-0.4, -0.2) is 40.1 Å². The van der Waals surface area contributed by atoms with Crippen LogP contribution in [0.3, 0.4) is 0 Å². The van der Waals surface area contributed by atoms with E-state index in [-0.39, 0.29) is 17.4 Å². The van der Waals surface area contributed by atoms with Gasteiger partial charge in [0.1, 0.15) is 0 Å². The summed E-state index contributed by atoms with van der Waals surface area (Å²) < 4.78 is 0. The molecule has 1 aromatic carbocycles. The van der Waals surface area contributed by atoms with Crippen molar-refractivity contribution in [2.75, 3.05) is 13.1 Å². The zero-order valence-corrected chi connectivity index (χ0v) is 12.5. The van der Waals surface area contributed by atoms with E-state index < -0.39 is 0 Å². The lowest BCUT2D eigenvalue weighted by Crippen LogP contribution is -2.29. The van der Waals surface area contributed by atoms with Gasteiger partial charge < -0.3 is 10.0 Å². The fourth-order valence-corrected chi connectivity index (χ4v) is 3.43. The Morgan fingerprint density at radius 3 is 2.86 bits per heavy atom. The van der Waals surface area contributed by atoms with Gasteiger partial charge in [0.25, 0.3) is 0 Å². The number of hydrogen-bond donors (Lipinski definition) is 1. The van der Waals surface area contributed by atoms with Gasteiger partial charge in [-0.15, -0.1) is 0 Å². The predicted octanol–water partition coefficient (Wildman–Crippen LogP) is 2.15. The van der Waals surface area contributed by atoms with Crippen molar-refractivity contribution in [3.8, 4) is 0 Å². The third kappa shape index (κ3) is 2.37. The zero-order chi connectivity index (χ0) is 15.2. The van der Waals surface area contributed by atoms with Crippen LogP contribution in [0.15, 0.2) is 36.4 Å². The molecule has 0 radical (unpaired) electrons. The molecular weight excluding hydrogens is 276 g/mol. The number of para-hydroxylation sites is 1. The maximum atomic E-state index is 12.3. The second-order valence-electron chi connectivity index (χ2n) is 6.65. The molecule has 2 fully saturated rings. The Morgan fingerprint density at radius 1 is 1.27 bits per heavy atom. The Labute approximate surface area is 129 Å². The van der Waals surface area contributed by atoms with Gasteiger partial charge >= 0.3 is 0 Å². The molecule has 1 aliphatic heterocycles. The topological polar surface area (TPSA) is 53.4 Å². The lowest BCUT2D eigenvalue weighted by atomic mass is 10.0. The number of nitrogens with zero attached hydrogens (tertiary/aromatic N) is 2. The van der Waals surface area contributed by atoms with E-state index in [1.165, 1.54) is 0 Å². The minimum atomic E-state index is -0.324. The first-order valence-electron chi connectivity index (χ1n) is 7.97. The van der Waals surface area contributed by atoms with Crippen LogP contribution in [0.4, 0.5) is 0 Å². The van der Waals surface area contributed by atoms with E-state index in [1.54, 1.807) is 0 Å². The number of aromatic nitrogens is 1. The van der Waals surface area contributed by atoms with Crippen LogP contribution >= 0.6 is 0 Å². The number of carbonyl (C=O) groups excluding carboxylic acids is 1. The summed E-state index contributed by atoms with van der Waals surface area (Å²) in [5, 5.41) is 11.2. The highest BCUT2D eigenvalue weighted by atomic mass is 16.3. The number of aryl methyl sites for hydroxylation is 1. The average molecular weight is 296 g/mol. The highest BCUT2D eigenvalue weighted by molar-refractivity contribution is 5.79. The Bertz CT molecular complexity index is 724. The standard InChI is InChI=1S/C18H20N2O2/c21-16-11-20(12-18(16)9-10-18)17(22)8-7-14-6-5-13-3-1-2-4-15(13)19-14/h1-6,16,21H,7-12H2. The molecule has 1 saturated heterocycles. The summed E-state index contributed by atoms with van der Waals surface area (Å²) in [5.74, 6) is 0.137. The van der Waals surface area contributed by atoms with Gasteiger partial charge in [0.15, 0.2) is 0 Å². The first-order chi connectivity index (χ1) is 10.7. The number of carbonyl (C=O) groups is 1. The number of amides is 1. The molecule has 1 amide bonds. The van der Waals surface area contributed by atoms with Gasteiger partial charge in [-0.3, -0.25) is 9.78 Å². The van der Waals surface area contributed by atoms with Gasteiger partial charge in [-0.1, -0.05) is 24.3 Å². The van der Waals surface area contributed by atoms with Crippen molar-refractivity contribution in [2.45, 2.75) is 31.8 Å². The van der Waals surface area contributed by atoms with Gasteiger partial charge in [-0.05, 0) is 31.4 Å². The van der Waals surface area contributed by atoms with E-state index in [9.17, 15) is 9.90 Å². The summed E-state index contributed by atoms with van der Waals surface area (Å²) in [7, 11) is 0. The van der Waals surface area contributed by atoms with Crippen LogP contribution in [0.5, 0.6) is 0 Å². The summed E-state index contributed by atoms with van der Waals surface area (Å²) in [6, 6.07) is 12.1. The van der Waals surface area contributed by atoms with E-state index in [4.69, 9.17) is 0 Å². The van der Waals surface area contributed by atoms with Gasteiger partial charge in [-0.2, -0.15) is 0 Å². The maximum absolute atomic E-state index is 12.3. The number of fused-ring (bicyclic) bond motifs is 1. The molecule has 1 saturated carbocycles. The van der Waals surface area contributed by atoms with Crippen molar-refractivity contribution >= 4 is 16.8 Å². The molecule has 2 aromatic rings. The SMILES string of the molecule is O=C(CCc1ccc2ccccc2n1)N1CC(O)C2(CC2)C1. The van der Waals surface area contributed by atoms with Crippen LogP contribution in [0.2, 0.25) is 0 Å². The number of aliphatic hydroxyl groups is 1. The molecule has 1 atom stereocenters.